The summed E-state index contributed by atoms with van der Waals surface area (Å²) in [6.07, 6.45) is 0.969. The molecule has 1 aliphatic carbocycles. The number of nitrogens with zero attached hydrogens (tertiary/aromatic N) is 1. The molecule has 0 amide bonds. The summed E-state index contributed by atoms with van der Waals surface area (Å²) in [4.78, 5) is 12.1. The van der Waals surface area contributed by atoms with Crippen molar-refractivity contribution in [2.24, 2.45) is 0 Å². The van der Waals surface area contributed by atoms with Crippen LogP contribution in [-0.2, 0) is 11.8 Å². The quantitative estimate of drug-likeness (QED) is 0.507. The maximum atomic E-state index is 4.94. The number of hydrogen-bond donors (Lipinski definition) is 2. The van der Waals surface area contributed by atoms with E-state index in [1.807, 2.05) is 6.07 Å². The molecule has 118 valence electrons. The monoisotopic (exact) mass is 313 g/mol. The van der Waals surface area contributed by atoms with Gasteiger partial charge in [-0.2, -0.15) is 0 Å². The van der Waals surface area contributed by atoms with E-state index in [1.165, 1.54) is 27.9 Å². The number of imidazole rings is 1. The van der Waals surface area contributed by atoms with Crippen LogP contribution in [0.15, 0.2) is 54.6 Å². The molecular formula is C21H19N3. The Labute approximate surface area is 140 Å². The van der Waals surface area contributed by atoms with Crippen molar-refractivity contribution in [3.8, 4) is 22.8 Å². The van der Waals surface area contributed by atoms with Gasteiger partial charge in [-0.1, -0.05) is 62.4 Å². The minimum absolute atomic E-state index is 0.0719. The molecule has 0 spiro atoms. The Morgan fingerprint density at radius 3 is 2.50 bits per heavy atom. The lowest BCUT2D eigenvalue weighted by Crippen LogP contribution is -2.25. The van der Waals surface area contributed by atoms with E-state index >= 15 is 0 Å². The van der Waals surface area contributed by atoms with E-state index in [1.54, 1.807) is 0 Å². The van der Waals surface area contributed by atoms with Crippen LogP contribution < -0.4 is 0 Å². The van der Waals surface area contributed by atoms with Gasteiger partial charge in [-0.05, 0) is 23.5 Å². The maximum absolute atomic E-state index is 4.94. The molecule has 2 N–H and O–H groups in total. The van der Waals surface area contributed by atoms with E-state index < -0.39 is 0 Å². The van der Waals surface area contributed by atoms with Crippen molar-refractivity contribution in [3.05, 3.63) is 65.9 Å². The van der Waals surface area contributed by atoms with Gasteiger partial charge in [0.1, 0.15) is 11.5 Å². The zero-order chi connectivity index (χ0) is 16.3. The summed E-state index contributed by atoms with van der Waals surface area (Å²) < 4.78 is 0. The number of aromatic nitrogens is 3. The first kappa shape index (κ1) is 13.6. The normalized spacial score (nSPS) is 15.2. The largest absolute Gasteiger partial charge is 0.353 e. The first-order chi connectivity index (χ1) is 11.6. The molecule has 0 saturated carbocycles. The minimum Gasteiger partial charge on any atom is -0.353 e. The van der Waals surface area contributed by atoms with E-state index in [9.17, 15) is 0 Å². The van der Waals surface area contributed by atoms with Crippen molar-refractivity contribution in [3.63, 3.8) is 0 Å². The molecule has 2 aromatic carbocycles. The van der Waals surface area contributed by atoms with Crippen molar-refractivity contribution in [2.75, 3.05) is 0 Å². The summed E-state index contributed by atoms with van der Waals surface area (Å²) in [5.74, 6) is 0.947. The highest BCUT2D eigenvalue weighted by Crippen LogP contribution is 2.45. The van der Waals surface area contributed by atoms with Gasteiger partial charge in [-0.3, -0.25) is 0 Å². The van der Waals surface area contributed by atoms with Crippen molar-refractivity contribution in [1.29, 1.82) is 0 Å². The summed E-state index contributed by atoms with van der Waals surface area (Å²) in [5.41, 5.74) is 7.23. The minimum atomic E-state index is 0.0719. The maximum Gasteiger partial charge on any atom is 0.138 e. The average Bonchev–Trinajstić information content (AvgIpc) is 3.16. The molecule has 4 aromatic rings. The van der Waals surface area contributed by atoms with E-state index in [4.69, 9.17) is 4.98 Å². The molecule has 0 unspecified atom stereocenters. The van der Waals surface area contributed by atoms with Crippen LogP contribution in [0.3, 0.4) is 0 Å². The van der Waals surface area contributed by atoms with Crippen LogP contribution in [0, 0.1) is 0 Å². The summed E-state index contributed by atoms with van der Waals surface area (Å²) >= 11 is 0. The molecule has 1 aliphatic rings. The van der Waals surface area contributed by atoms with E-state index in [-0.39, 0.29) is 5.41 Å². The lowest BCUT2D eigenvalue weighted by atomic mass is 9.74. The third kappa shape index (κ3) is 1.81. The van der Waals surface area contributed by atoms with Gasteiger partial charge in [-0.25, -0.2) is 4.98 Å². The smallest absolute Gasteiger partial charge is 0.138 e. The highest BCUT2D eigenvalue weighted by molar-refractivity contribution is 5.93. The zero-order valence-corrected chi connectivity index (χ0v) is 13.9. The number of benzene rings is 2. The Morgan fingerprint density at radius 1 is 0.917 bits per heavy atom. The lowest BCUT2D eigenvalue weighted by molar-refractivity contribution is 0.515. The number of H-pyrrole nitrogens is 2. The fourth-order valence-corrected chi connectivity index (χ4v) is 4.03. The van der Waals surface area contributed by atoms with Gasteiger partial charge in [0.05, 0.1) is 5.69 Å². The number of nitrogens with one attached hydrogen (secondary N) is 2. The summed E-state index contributed by atoms with van der Waals surface area (Å²) in [7, 11) is 0. The average molecular weight is 313 g/mol. The van der Waals surface area contributed by atoms with Crippen LogP contribution in [0.1, 0.15) is 25.1 Å². The van der Waals surface area contributed by atoms with E-state index in [0.717, 1.165) is 23.5 Å². The van der Waals surface area contributed by atoms with Crippen molar-refractivity contribution < 1.29 is 0 Å². The van der Waals surface area contributed by atoms with Crippen LogP contribution in [0.5, 0.6) is 0 Å². The third-order valence-corrected chi connectivity index (χ3v) is 5.06. The first-order valence-corrected chi connectivity index (χ1v) is 8.39. The van der Waals surface area contributed by atoms with Gasteiger partial charge in [0, 0.05) is 22.2 Å². The van der Waals surface area contributed by atoms with Crippen molar-refractivity contribution in [1.82, 2.24) is 15.0 Å². The van der Waals surface area contributed by atoms with Crippen LogP contribution in [-0.4, -0.2) is 15.0 Å². The second-order valence-electron chi connectivity index (χ2n) is 7.26. The van der Waals surface area contributed by atoms with Gasteiger partial charge >= 0.3 is 0 Å². The standard InChI is InChI=1S/C21H19N3/c1-21(2)12-16-18(24-20(23-16)13-8-4-3-5-9-13)19-17(21)14-10-6-7-11-15(14)22-19/h3-11,22H,12H2,1-2H3,(H,23,24). The molecule has 0 bridgehead atoms. The molecule has 0 atom stereocenters. The molecule has 2 aromatic heterocycles. The summed E-state index contributed by atoms with van der Waals surface area (Å²) in [6, 6.07) is 18.9. The number of rotatable bonds is 1. The molecule has 3 nitrogen and oxygen atoms in total. The highest BCUT2D eigenvalue weighted by atomic mass is 15.0. The predicted molar refractivity (Wildman–Crippen MR) is 98.0 cm³/mol. The Balaban J connectivity index is 1.78. The van der Waals surface area contributed by atoms with Crippen LogP contribution >= 0.6 is 0 Å². The molecule has 5 rings (SSSR count). The number of fused-ring (bicyclic) bond motifs is 5. The first-order valence-electron chi connectivity index (χ1n) is 8.39. The molecule has 2 heterocycles. The summed E-state index contributed by atoms with van der Waals surface area (Å²) in [5, 5.41) is 1.31. The fraction of sp³-hybridized carbons (Fsp3) is 0.190. The molecular weight excluding hydrogens is 294 g/mol. The molecule has 0 fully saturated rings. The van der Waals surface area contributed by atoms with Gasteiger partial charge in [0.15, 0.2) is 0 Å². The zero-order valence-electron chi connectivity index (χ0n) is 13.9. The molecule has 0 saturated heterocycles. The van der Waals surface area contributed by atoms with Crippen LogP contribution in [0.25, 0.3) is 33.7 Å². The van der Waals surface area contributed by atoms with Gasteiger partial charge in [0.25, 0.3) is 0 Å². The van der Waals surface area contributed by atoms with Gasteiger partial charge in [-0.15, -0.1) is 0 Å². The Bertz CT molecular complexity index is 1050. The Hall–Kier alpha value is -2.81. The Kier molecular flexibility index (Phi) is 2.61. The SMILES string of the molecule is CC1(C)Cc2[nH]c(-c3ccccc3)nc2-c2[nH]c3ccccc3c21. The van der Waals surface area contributed by atoms with Gasteiger partial charge < -0.3 is 9.97 Å². The molecule has 0 radical (unpaired) electrons. The molecule has 0 aliphatic heterocycles. The predicted octanol–water partition coefficient (Wildman–Crippen LogP) is 5.06. The second-order valence-corrected chi connectivity index (χ2v) is 7.26. The third-order valence-electron chi connectivity index (χ3n) is 5.06. The van der Waals surface area contributed by atoms with Crippen molar-refractivity contribution >= 4 is 10.9 Å². The fourth-order valence-electron chi connectivity index (χ4n) is 4.03. The van der Waals surface area contributed by atoms with Crippen molar-refractivity contribution in [2.45, 2.75) is 25.7 Å². The summed E-state index contributed by atoms with van der Waals surface area (Å²) in [6.45, 7) is 4.64. The molecule has 3 heteroatoms. The van der Waals surface area contributed by atoms with E-state index in [0.29, 0.717) is 0 Å². The lowest BCUT2D eigenvalue weighted by Gasteiger charge is -2.29. The van der Waals surface area contributed by atoms with E-state index in [2.05, 4.69) is 72.3 Å². The number of para-hydroxylation sites is 1. The molecule has 24 heavy (non-hydrogen) atoms. The van der Waals surface area contributed by atoms with Gasteiger partial charge in [0.2, 0.25) is 0 Å². The highest BCUT2D eigenvalue weighted by Gasteiger charge is 2.36. The Morgan fingerprint density at radius 2 is 1.67 bits per heavy atom. The van der Waals surface area contributed by atoms with Crippen LogP contribution in [0.2, 0.25) is 0 Å². The number of hydrogen-bond acceptors (Lipinski definition) is 1. The number of aromatic amines is 2. The topological polar surface area (TPSA) is 44.5 Å². The van der Waals surface area contributed by atoms with Crippen LogP contribution in [0.4, 0.5) is 0 Å². The second kappa shape index (κ2) is 4.60.